The Balaban J connectivity index is 0.954. The zero-order valence-electron chi connectivity index (χ0n) is 38.2. The van der Waals surface area contributed by atoms with Crippen molar-refractivity contribution < 1.29 is 4.42 Å². The molecule has 0 saturated carbocycles. The van der Waals surface area contributed by atoms with E-state index in [-0.39, 0.29) is 0 Å². The maximum atomic E-state index is 7.17. The van der Waals surface area contributed by atoms with Crippen molar-refractivity contribution in [3.63, 3.8) is 0 Å². The first-order valence-corrected chi connectivity index (χ1v) is 24.0. The molecule has 71 heavy (non-hydrogen) atoms. The zero-order valence-corrected chi connectivity index (χ0v) is 38.2. The second kappa shape index (κ2) is 15.4. The first kappa shape index (κ1) is 39.4. The lowest BCUT2D eigenvalue weighted by Gasteiger charge is -2.13. The van der Waals surface area contributed by atoms with E-state index in [0.29, 0.717) is 17.5 Å². The number of benzene rings is 11. The van der Waals surface area contributed by atoms with Crippen LogP contribution in [0.2, 0.25) is 0 Å². The van der Waals surface area contributed by atoms with Crippen molar-refractivity contribution >= 4 is 87.1 Å². The largest absolute Gasteiger partial charge is 0.455 e. The van der Waals surface area contributed by atoms with E-state index in [1.54, 1.807) is 0 Å². The number of rotatable bonds is 6. The van der Waals surface area contributed by atoms with Gasteiger partial charge in [0.15, 0.2) is 17.5 Å². The summed E-state index contributed by atoms with van der Waals surface area (Å²) in [5.41, 5.74) is 13.1. The third-order valence-electron chi connectivity index (χ3n) is 14.3. The lowest BCUT2D eigenvalue weighted by atomic mass is 10.0. The summed E-state index contributed by atoms with van der Waals surface area (Å²) in [5.74, 6) is 1.69. The van der Waals surface area contributed by atoms with Gasteiger partial charge in [0.05, 0.1) is 33.3 Å². The lowest BCUT2D eigenvalue weighted by molar-refractivity contribution is 0.669. The highest BCUT2D eigenvalue weighted by Crippen LogP contribution is 2.44. The van der Waals surface area contributed by atoms with Crippen LogP contribution >= 0.6 is 0 Å². The molecule has 0 amide bonds. The van der Waals surface area contributed by atoms with E-state index in [1.807, 2.05) is 6.07 Å². The highest BCUT2D eigenvalue weighted by molar-refractivity contribution is 6.23. The zero-order chi connectivity index (χ0) is 46.6. The molecule has 6 heteroatoms. The summed E-state index contributed by atoms with van der Waals surface area (Å²) < 4.78 is 11.9. The van der Waals surface area contributed by atoms with E-state index >= 15 is 0 Å². The molecule has 0 unspecified atom stereocenters. The molecule has 15 rings (SSSR count). The molecular formula is C65H39N5O. The van der Waals surface area contributed by atoms with Gasteiger partial charge in [0.25, 0.3) is 0 Å². The number of nitrogens with zero attached hydrogens (tertiary/aromatic N) is 5. The van der Waals surface area contributed by atoms with Crippen LogP contribution in [0, 0.1) is 0 Å². The molecule has 0 spiro atoms. The molecule has 15 aromatic rings. The number of hydrogen-bond donors (Lipinski definition) is 0. The topological polar surface area (TPSA) is 61.7 Å². The Morgan fingerprint density at radius 3 is 1.61 bits per heavy atom. The molecule has 0 N–H and O–H groups in total. The number of hydrogen-bond acceptors (Lipinski definition) is 4. The smallest absolute Gasteiger partial charge is 0.167 e. The summed E-state index contributed by atoms with van der Waals surface area (Å²) in [7, 11) is 0. The van der Waals surface area contributed by atoms with Crippen LogP contribution in [-0.2, 0) is 0 Å². The van der Waals surface area contributed by atoms with Crippen molar-refractivity contribution in [2.24, 2.45) is 0 Å². The standard InChI is InChI=1S/C65H39N5O/c1-3-16-40(17-4-1)41-30-32-42(33-31-41)63-66-64(45-34-35-57-53(37-45)48-23-11-13-28-55(48)69(57)46-20-5-2-6-21-46)68-65(67-63)52-27-15-26-51-61-50-25-10-9-22-47(50)59(39-60(61)71-62(51)52)70-56-29-14-12-24-49(56)54-36-43-18-7-8-19-44(43)38-58(54)70/h1-39H. The third-order valence-corrected chi connectivity index (χ3v) is 14.3. The summed E-state index contributed by atoms with van der Waals surface area (Å²) in [6.45, 7) is 0. The Labute approximate surface area is 407 Å². The molecule has 0 aliphatic heterocycles. The first-order chi connectivity index (χ1) is 35.2. The molecule has 4 heterocycles. The first-order valence-electron chi connectivity index (χ1n) is 24.0. The van der Waals surface area contributed by atoms with Crippen LogP contribution in [-0.4, -0.2) is 24.1 Å². The van der Waals surface area contributed by atoms with Crippen LogP contribution in [0.1, 0.15) is 0 Å². The highest BCUT2D eigenvalue weighted by Gasteiger charge is 2.23. The van der Waals surface area contributed by atoms with Crippen molar-refractivity contribution in [2.45, 2.75) is 0 Å². The van der Waals surface area contributed by atoms with E-state index in [1.165, 1.54) is 21.5 Å². The summed E-state index contributed by atoms with van der Waals surface area (Å²) >= 11 is 0. The molecular weight excluding hydrogens is 867 g/mol. The van der Waals surface area contributed by atoms with Crippen molar-refractivity contribution in [3.8, 4) is 56.7 Å². The van der Waals surface area contributed by atoms with Crippen molar-refractivity contribution in [3.05, 3.63) is 237 Å². The summed E-state index contributed by atoms with van der Waals surface area (Å²) in [6, 6.07) is 83.8. The minimum atomic E-state index is 0.535. The van der Waals surface area contributed by atoms with Gasteiger partial charge in [-0.2, -0.15) is 0 Å². The molecule has 6 nitrogen and oxygen atoms in total. The highest BCUT2D eigenvalue weighted by atomic mass is 16.3. The fourth-order valence-electron chi connectivity index (χ4n) is 11.1. The molecule has 4 aromatic heterocycles. The predicted molar refractivity (Wildman–Crippen MR) is 293 cm³/mol. The molecule has 330 valence electrons. The van der Waals surface area contributed by atoms with E-state index < -0.39 is 0 Å². The molecule has 0 radical (unpaired) electrons. The van der Waals surface area contributed by atoms with Gasteiger partial charge >= 0.3 is 0 Å². The summed E-state index contributed by atoms with van der Waals surface area (Å²) in [6.07, 6.45) is 0. The van der Waals surface area contributed by atoms with Crippen molar-refractivity contribution in [1.29, 1.82) is 0 Å². The van der Waals surface area contributed by atoms with Gasteiger partial charge in [0, 0.05) is 60.6 Å². The van der Waals surface area contributed by atoms with Crippen LogP contribution in [0.15, 0.2) is 241 Å². The molecule has 0 saturated heterocycles. The number of para-hydroxylation sites is 4. The van der Waals surface area contributed by atoms with Crippen LogP contribution in [0.5, 0.6) is 0 Å². The lowest BCUT2D eigenvalue weighted by Crippen LogP contribution is -2.00. The van der Waals surface area contributed by atoms with Crippen LogP contribution in [0.4, 0.5) is 0 Å². The maximum absolute atomic E-state index is 7.17. The average Bonchev–Trinajstić information content (AvgIpc) is 4.10. The second-order valence-corrected chi connectivity index (χ2v) is 18.3. The molecule has 0 aliphatic rings. The van der Waals surface area contributed by atoms with Gasteiger partial charge in [0.1, 0.15) is 11.2 Å². The normalized spacial score (nSPS) is 11.9. The Kier molecular flexibility index (Phi) is 8.56. The minimum absolute atomic E-state index is 0.535. The van der Waals surface area contributed by atoms with Gasteiger partial charge < -0.3 is 13.6 Å². The third kappa shape index (κ3) is 6.11. The summed E-state index contributed by atoms with van der Waals surface area (Å²) in [4.78, 5) is 15.9. The molecule has 0 bridgehead atoms. The predicted octanol–water partition coefficient (Wildman–Crippen LogP) is 16.9. The van der Waals surface area contributed by atoms with Crippen LogP contribution in [0.3, 0.4) is 0 Å². The molecule has 0 aliphatic carbocycles. The van der Waals surface area contributed by atoms with Gasteiger partial charge in [-0.15, -0.1) is 0 Å². The Bertz CT molecular complexity index is 4620. The SMILES string of the molecule is c1ccc(-c2ccc(-c3nc(-c4ccc5c(c4)c4ccccc4n5-c4ccccc4)nc(-c4cccc5c4oc4cc(-n6c7ccccc7c7cc8ccccc8cc76)c6ccccc6c45)n3)cc2)cc1. The molecule has 0 atom stereocenters. The van der Waals surface area contributed by atoms with Gasteiger partial charge in [-0.25, -0.2) is 15.0 Å². The van der Waals surface area contributed by atoms with Crippen molar-refractivity contribution in [2.75, 3.05) is 0 Å². The fraction of sp³-hybridized carbons (Fsp3) is 0. The number of furan rings is 1. The van der Waals surface area contributed by atoms with Gasteiger partial charge in [0.2, 0.25) is 0 Å². The van der Waals surface area contributed by atoms with E-state index in [4.69, 9.17) is 19.4 Å². The van der Waals surface area contributed by atoms with Gasteiger partial charge in [-0.05, 0) is 87.9 Å². The molecule has 11 aromatic carbocycles. The second-order valence-electron chi connectivity index (χ2n) is 18.3. The monoisotopic (exact) mass is 905 g/mol. The van der Waals surface area contributed by atoms with Crippen LogP contribution in [0.25, 0.3) is 144 Å². The van der Waals surface area contributed by atoms with E-state index in [0.717, 1.165) is 105 Å². The van der Waals surface area contributed by atoms with E-state index in [9.17, 15) is 0 Å². The Morgan fingerprint density at radius 2 is 0.845 bits per heavy atom. The maximum Gasteiger partial charge on any atom is 0.167 e. The molecule has 0 fully saturated rings. The van der Waals surface area contributed by atoms with Gasteiger partial charge in [-0.3, -0.25) is 0 Å². The fourth-order valence-corrected chi connectivity index (χ4v) is 11.1. The Morgan fingerprint density at radius 1 is 0.310 bits per heavy atom. The van der Waals surface area contributed by atoms with E-state index in [2.05, 4.69) is 240 Å². The average molecular weight is 906 g/mol. The quantitative estimate of drug-likeness (QED) is 0.167. The number of aromatic nitrogens is 5. The number of fused-ring (bicyclic) bond motifs is 12. The minimum Gasteiger partial charge on any atom is -0.455 e. The van der Waals surface area contributed by atoms with Crippen LogP contribution < -0.4 is 0 Å². The Hall–Kier alpha value is -9.65. The van der Waals surface area contributed by atoms with Crippen molar-refractivity contribution in [1.82, 2.24) is 24.1 Å². The van der Waals surface area contributed by atoms with Gasteiger partial charge in [-0.1, -0.05) is 170 Å². The summed E-state index contributed by atoms with van der Waals surface area (Å²) in [5, 5.41) is 11.4.